The molecule has 0 aliphatic heterocycles. The Labute approximate surface area is 290 Å². The molecule has 11 rings (SSSR count). The molecule has 50 heavy (non-hydrogen) atoms. The molecule has 0 radical (unpaired) electrons. The van der Waals surface area contributed by atoms with Gasteiger partial charge in [0.05, 0.1) is 0 Å². The molecule has 1 aromatic heterocycles. The van der Waals surface area contributed by atoms with Gasteiger partial charge in [0.1, 0.15) is 11.2 Å². The fourth-order valence-corrected chi connectivity index (χ4v) is 9.17. The number of furan rings is 1. The Morgan fingerprint density at radius 2 is 0.860 bits per heavy atom. The predicted molar refractivity (Wildman–Crippen MR) is 212 cm³/mol. The van der Waals surface area contributed by atoms with E-state index >= 15 is 0 Å². The van der Waals surface area contributed by atoms with E-state index in [0.717, 1.165) is 21.9 Å². The number of benzene rings is 9. The van der Waals surface area contributed by atoms with Gasteiger partial charge in [-0.2, -0.15) is 0 Å². The lowest BCUT2D eigenvalue weighted by Gasteiger charge is -2.23. The first-order valence-corrected chi connectivity index (χ1v) is 17.5. The molecule has 0 atom stereocenters. The van der Waals surface area contributed by atoms with Gasteiger partial charge in [0, 0.05) is 21.6 Å². The van der Waals surface area contributed by atoms with Crippen molar-refractivity contribution >= 4 is 65.0 Å². The average Bonchev–Trinajstić information content (AvgIpc) is 3.66. The molecule has 0 bridgehead atoms. The average molecular weight is 637 g/mol. The van der Waals surface area contributed by atoms with Crippen LogP contribution in [0, 0.1) is 0 Å². The monoisotopic (exact) mass is 636 g/mol. The minimum atomic E-state index is -0.0637. The minimum absolute atomic E-state index is 0.0637. The summed E-state index contributed by atoms with van der Waals surface area (Å²) in [4.78, 5) is 0. The zero-order chi connectivity index (χ0) is 33.1. The summed E-state index contributed by atoms with van der Waals surface area (Å²) in [6.45, 7) is 4.73. The molecule has 1 nitrogen and oxygen atoms in total. The lowest BCUT2D eigenvalue weighted by molar-refractivity contribution is 0.660. The highest BCUT2D eigenvalue weighted by atomic mass is 16.3. The van der Waals surface area contributed by atoms with E-state index in [-0.39, 0.29) is 5.41 Å². The molecule has 10 aromatic rings. The van der Waals surface area contributed by atoms with Crippen LogP contribution in [0.1, 0.15) is 25.0 Å². The molecule has 1 heteroatoms. The Hall–Kier alpha value is -6.18. The second-order valence-corrected chi connectivity index (χ2v) is 14.4. The fraction of sp³-hybridized carbons (Fsp3) is 0.0612. The molecular weight excluding hydrogens is 605 g/mol. The summed E-state index contributed by atoms with van der Waals surface area (Å²) in [5.74, 6) is 0. The van der Waals surface area contributed by atoms with Crippen molar-refractivity contribution in [2.75, 3.05) is 0 Å². The summed E-state index contributed by atoms with van der Waals surface area (Å²) >= 11 is 0. The summed E-state index contributed by atoms with van der Waals surface area (Å²) in [6, 6.07) is 58.1. The maximum Gasteiger partial charge on any atom is 0.143 e. The Morgan fingerprint density at radius 3 is 1.52 bits per heavy atom. The molecule has 0 saturated heterocycles. The molecule has 0 amide bonds. The second-order valence-electron chi connectivity index (χ2n) is 14.4. The zero-order valence-corrected chi connectivity index (χ0v) is 27.9. The van der Waals surface area contributed by atoms with Crippen LogP contribution in [0.25, 0.3) is 98.4 Å². The van der Waals surface area contributed by atoms with Crippen molar-refractivity contribution in [1.82, 2.24) is 0 Å². The number of hydrogen-bond acceptors (Lipinski definition) is 1. The van der Waals surface area contributed by atoms with Gasteiger partial charge in [0.25, 0.3) is 0 Å². The first-order valence-electron chi connectivity index (χ1n) is 17.5. The molecule has 1 aliphatic rings. The standard InChI is InChI=1S/C49H32O/c1-49(2)42-22-12-11-15-33(42)34-25-23-30(28-43(34)49)46-38-19-8-6-17-36(38)45(37-18-7-9-20-39(37)46)29-24-26-44-41(27-29)47-35-16-5-3-13-31(35)32-14-4-10-21-40(32)48(47)50-44/h3-28H,1-2H3. The Bertz CT molecular complexity index is 3010. The minimum Gasteiger partial charge on any atom is -0.455 e. The molecule has 0 saturated carbocycles. The number of rotatable bonds is 2. The molecule has 1 heterocycles. The van der Waals surface area contributed by atoms with Crippen LogP contribution in [0.2, 0.25) is 0 Å². The Balaban J connectivity index is 1.20. The molecule has 9 aromatic carbocycles. The lowest BCUT2D eigenvalue weighted by atomic mass is 9.80. The molecular formula is C49H32O. The highest BCUT2D eigenvalue weighted by Gasteiger charge is 2.35. The maximum atomic E-state index is 6.69. The fourth-order valence-electron chi connectivity index (χ4n) is 9.17. The predicted octanol–water partition coefficient (Wildman–Crippen LogP) is 13.8. The largest absolute Gasteiger partial charge is 0.455 e. The summed E-state index contributed by atoms with van der Waals surface area (Å²) in [5, 5.41) is 12.2. The topological polar surface area (TPSA) is 13.1 Å². The van der Waals surface area contributed by atoms with Gasteiger partial charge in [-0.15, -0.1) is 0 Å². The summed E-state index contributed by atoms with van der Waals surface area (Å²) in [5.41, 5.74) is 12.3. The Kier molecular flexibility index (Phi) is 5.51. The quantitative estimate of drug-likeness (QED) is 0.136. The molecule has 0 fully saturated rings. The van der Waals surface area contributed by atoms with E-state index in [4.69, 9.17) is 4.42 Å². The molecule has 0 N–H and O–H groups in total. The van der Waals surface area contributed by atoms with Gasteiger partial charge in [-0.25, -0.2) is 0 Å². The second kappa shape index (κ2) is 9.94. The van der Waals surface area contributed by atoms with Crippen LogP contribution in [-0.4, -0.2) is 0 Å². The normalized spacial score (nSPS) is 13.6. The van der Waals surface area contributed by atoms with Crippen molar-refractivity contribution in [3.8, 4) is 33.4 Å². The van der Waals surface area contributed by atoms with Crippen LogP contribution in [0.15, 0.2) is 162 Å². The van der Waals surface area contributed by atoms with Crippen LogP contribution >= 0.6 is 0 Å². The van der Waals surface area contributed by atoms with Gasteiger partial charge in [0.15, 0.2) is 0 Å². The first-order chi connectivity index (χ1) is 24.6. The van der Waals surface area contributed by atoms with Gasteiger partial charge in [0.2, 0.25) is 0 Å². The summed E-state index contributed by atoms with van der Waals surface area (Å²) < 4.78 is 6.69. The van der Waals surface area contributed by atoms with E-state index in [0.29, 0.717) is 0 Å². The van der Waals surface area contributed by atoms with E-state index < -0.39 is 0 Å². The molecule has 1 aliphatic carbocycles. The van der Waals surface area contributed by atoms with Crippen molar-refractivity contribution < 1.29 is 4.42 Å². The smallest absolute Gasteiger partial charge is 0.143 e. The van der Waals surface area contributed by atoms with Gasteiger partial charge in [-0.05, 0) is 100 Å². The van der Waals surface area contributed by atoms with Crippen LogP contribution in [0.4, 0.5) is 0 Å². The van der Waals surface area contributed by atoms with Crippen LogP contribution in [-0.2, 0) is 5.41 Å². The summed E-state index contributed by atoms with van der Waals surface area (Å²) in [6.07, 6.45) is 0. The number of hydrogen-bond donors (Lipinski definition) is 0. The van der Waals surface area contributed by atoms with E-state index in [1.165, 1.54) is 87.6 Å². The van der Waals surface area contributed by atoms with Gasteiger partial charge in [-0.1, -0.05) is 153 Å². The number of fused-ring (bicyclic) bond motifs is 13. The molecule has 0 unspecified atom stereocenters. The first kappa shape index (κ1) is 27.7. The van der Waals surface area contributed by atoms with E-state index in [1.54, 1.807) is 0 Å². The van der Waals surface area contributed by atoms with Crippen molar-refractivity contribution in [1.29, 1.82) is 0 Å². The third kappa shape index (κ3) is 3.62. The van der Waals surface area contributed by atoms with E-state index in [1.807, 2.05) is 0 Å². The molecule has 234 valence electrons. The van der Waals surface area contributed by atoms with Gasteiger partial charge < -0.3 is 4.42 Å². The van der Waals surface area contributed by atoms with Gasteiger partial charge >= 0.3 is 0 Å². The van der Waals surface area contributed by atoms with Crippen LogP contribution in [0.3, 0.4) is 0 Å². The summed E-state index contributed by atoms with van der Waals surface area (Å²) in [7, 11) is 0. The van der Waals surface area contributed by atoms with Crippen LogP contribution < -0.4 is 0 Å². The maximum absolute atomic E-state index is 6.69. The van der Waals surface area contributed by atoms with Crippen molar-refractivity contribution in [3.05, 3.63) is 169 Å². The van der Waals surface area contributed by atoms with Crippen molar-refractivity contribution in [2.24, 2.45) is 0 Å². The van der Waals surface area contributed by atoms with Crippen LogP contribution in [0.5, 0.6) is 0 Å². The Morgan fingerprint density at radius 1 is 0.380 bits per heavy atom. The van der Waals surface area contributed by atoms with Gasteiger partial charge in [-0.3, -0.25) is 0 Å². The third-order valence-electron chi connectivity index (χ3n) is 11.4. The zero-order valence-electron chi connectivity index (χ0n) is 27.9. The van der Waals surface area contributed by atoms with E-state index in [2.05, 4.69) is 172 Å². The van der Waals surface area contributed by atoms with Crippen molar-refractivity contribution in [3.63, 3.8) is 0 Å². The van der Waals surface area contributed by atoms with E-state index in [9.17, 15) is 0 Å². The van der Waals surface area contributed by atoms with Crippen molar-refractivity contribution in [2.45, 2.75) is 19.3 Å². The highest BCUT2D eigenvalue weighted by Crippen LogP contribution is 2.51. The molecule has 0 spiro atoms. The SMILES string of the molecule is CC1(C)c2ccccc2-c2ccc(-c3c4ccccc4c(-c4ccc5oc6c7ccccc7c7ccccc7c6c5c4)c4ccccc34)cc21. The lowest BCUT2D eigenvalue weighted by Crippen LogP contribution is -2.14. The third-order valence-corrected chi connectivity index (χ3v) is 11.4. The highest BCUT2D eigenvalue weighted by molar-refractivity contribution is 6.31.